The van der Waals surface area contributed by atoms with E-state index in [1.165, 1.54) is 16.7 Å². The monoisotopic (exact) mass is 369 g/mol. The Morgan fingerprint density at radius 3 is 2.24 bits per heavy atom. The number of hydrogen-bond acceptors (Lipinski definition) is 2. The largest absolute Gasteiger partial charge is 0.493 e. The molecule has 0 aromatic heterocycles. The molecule has 0 aliphatic heterocycles. The molecule has 2 aromatic carbocycles. The molecule has 0 radical (unpaired) electrons. The van der Waals surface area contributed by atoms with Crippen molar-refractivity contribution < 1.29 is 4.74 Å². The van der Waals surface area contributed by atoms with E-state index < -0.39 is 0 Å². The van der Waals surface area contributed by atoms with Gasteiger partial charge in [-0.25, -0.2) is 0 Å². The van der Waals surface area contributed by atoms with Crippen molar-refractivity contribution in [2.45, 2.75) is 26.9 Å². The Labute approximate surface area is 141 Å². The molecule has 2 aromatic rings. The van der Waals surface area contributed by atoms with Gasteiger partial charge in [0.2, 0.25) is 0 Å². The topological polar surface area (TPSA) is 21.3 Å². The summed E-state index contributed by atoms with van der Waals surface area (Å²) in [5.74, 6) is 0.898. The van der Waals surface area contributed by atoms with Crippen molar-refractivity contribution in [3.8, 4) is 5.75 Å². The summed E-state index contributed by atoms with van der Waals surface area (Å²) in [6, 6.07) is 14.8. The molecule has 0 bridgehead atoms. The molecule has 0 aliphatic rings. The van der Waals surface area contributed by atoms with E-state index in [2.05, 4.69) is 64.6 Å². The summed E-state index contributed by atoms with van der Waals surface area (Å²) in [6.45, 7) is 6.51. The van der Waals surface area contributed by atoms with E-state index in [1.54, 1.807) is 0 Å². The van der Waals surface area contributed by atoms with Crippen LogP contribution in [0.1, 0.15) is 23.6 Å². The van der Waals surface area contributed by atoms with Gasteiger partial charge in [-0.2, -0.15) is 0 Å². The number of rotatable bonds is 6. The highest BCUT2D eigenvalue weighted by atomic mass is 79.9. The van der Waals surface area contributed by atoms with E-state index in [4.69, 9.17) is 4.74 Å². The number of benzene rings is 2. The maximum absolute atomic E-state index is 5.51. The summed E-state index contributed by atoms with van der Waals surface area (Å²) >= 11 is 3.54. The fourth-order valence-corrected chi connectivity index (χ4v) is 2.52. The second-order valence-corrected chi connectivity index (χ2v) is 5.64. The van der Waals surface area contributed by atoms with Crippen LogP contribution in [0.5, 0.6) is 5.75 Å². The Morgan fingerprint density at radius 2 is 1.62 bits per heavy atom. The minimum absolute atomic E-state index is 0. The van der Waals surface area contributed by atoms with Crippen LogP contribution in [-0.4, -0.2) is 6.61 Å². The molecule has 2 nitrogen and oxygen atoms in total. The van der Waals surface area contributed by atoms with Crippen LogP contribution in [-0.2, 0) is 13.1 Å². The zero-order chi connectivity index (χ0) is 14.4. The summed E-state index contributed by atoms with van der Waals surface area (Å²) in [7, 11) is 0. The van der Waals surface area contributed by atoms with E-state index in [0.29, 0.717) is 6.61 Å². The van der Waals surface area contributed by atoms with E-state index in [9.17, 15) is 0 Å². The quantitative estimate of drug-likeness (QED) is 0.783. The van der Waals surface area contributed by atoms with Gasteiger partial charge in [-0.15, -0.1) is 12.4 Å². The van der Waals surface area contributed by atoms with Gasteiger partial charge in [0.1, 0.15) is 5.75 Å². The van der Waals surface area contributed by atoms with Gasteiger partial charge in [-0.1, -0.05) is 35.9 Å². The van der Waals surface area contributed by atoms with Crippen LogP contribution in [0.4, 0.5) is 0 Å². The average molecular weight is 371 g/mol. The lowest BCUT2D eigenvalue weighted by atomic mass is 10.1. The molecular weight excluding hydrogens is 350 g/mol. The van der Waals surface area contributed by atoms with Gasteiger partial charge in [0.05, 0.1) is 11.1 Å². The molecular formula is C17H21BrClNO. The molecule has 0 saturated carbocycles. The Kier molecular flexibility index (Phi) is 7.79. The van der Waals surface area contributed by atoms with Gasteiger partial charge in [0.25, 0.3) is 0 Å². The Morgan fingerprint density at radius 1 is 1.00 bits per heavy atom. The van der Waals surface area contributed by atoms with E-state index in [0.717, 1.165) is 23.3 Å². The molecule has 114 valence electrons. The standard InChI is InChI=1S/C17H20BrNO.ClH/c1-3-20-17-9-8-15(10-16(17)18)12-19-11-14-6-4-13(2)5-7-14;/h4-10,19H,3,11-12H2,1-2H3;1H. The van der Waals surface area contributed by atoms with Gasteiger partial charge >= 0.3 is 0 Å². The molecule has 0 unspecified atom stereocenters. The average Bonchev–Trinajstić information content (AvgIpc) is 2.44. The third-order valence-electron chi connectivity index (χ3n) is 3.07. The van der Waals surface area contributed by atoms with E-state index >= 15 is 0 Å². The molecule has 4 heteroatoms. The number of hydrogen-bond donors (Lipinski definition) is 1. The molecule has 0 aliphatic carbocycles. The van der Waals surface area contributed by atoms with Gasteiger partial charge < -0.3 is 10.1 Å². The van der Waals surface area contributed by atoms with E-state index in [-0.39, 0.29) is 12.4 Å². The first-order valence-electron chi connectivity index (χ1n) is 6.86. The lowest BCUT2D eigenvalue weighted by molar-refractivity contribution is 0.338. The Bertz CT molecular complexity index is 557. The third-order valence-corrected chi connectivity index (χ3v) is 3.69. The number of nitrogens with one attached hydrogen (secondary N) is 1. The highest BCUT2D eigenvalue weighted by molar-refractivity contribution is 9.10. The van der Waals surface area contributed by atoms with Crippen molar-refractivity contribution >= 4 is 28.3 Å². The summed E-state index contributed by atoms with van der Waals surface area (Å²) in [6.07, 6.45) is 0. The zero-order valence-corrected chi connectivity index (χ0v) is 14.8. The van der Waals surface area contributed by atoms with E-state index in [1.807, 2.05) is 13.0 Å². The molecule has 2 rings (SSSR count). The normalized spacial score (nSPS) is 10.0. The number of aryl methyl sites for hydroxylation is 1. The lowest BCUT2D eigenvalue weighted by Gasteiger charge is -2.09. The molecule has 0 atom stereocenters. The lowest BCUT2D eigenvalue weighted by Crippen LogP contribution is -2.12. The van der Waals surface area contributed by atoms with Crippen molar-refractivity contribution in [1.29, 1.82) is 0 Å². The molecule has 0 heterocycles. The number of ether oxygens (including phenoxy) is 1. The summed E-state index contributed by atoms with van der Waals surface area (Å²) in [4.78, 5) is 0. The SMILES string of the molecule is CCOc1ccc(CNCc2ccc(C)cc2)cc1Br.Cl. The maximum Gasteiger partial charge on any atom is 0.133 e. The van der Waals surface area contributed by atoms with Crippen molar-refractivity contribution in [3.63, 3.8) is 0 Å². The zero-order valence-electron chi connectivity index (χ0n) is 12.4. The van der Waals surface area contributed by atoms with Crippen LogP contribution >= 0.6 is 28.3 Å². The van der Waals surface area contributed by atoms with Gasteiger partial charge in [-0.05, 0) is 53.0 Å². The Balaban J connectivity index is 0.00000220. The highest BCUT2D eigenvalue weighted by Crippen LogP contribution is 2.25. The van der Waals surface area contributed by atoms with Crippen LogP contribution in [0.2, 0.25) is 0 Å². The smallest absolute Gasteiger partial charge is 0.133 e. The van der Waals surface area contributed by atoms with Gasteiger partial charge in [-0.3, -0.25) is 0 Å². The minimum atomic E-state index is 0. The fraction of sp³-hybridized carbons (Fsp3) is 0.294. The van der Waals surface area contributed by atoms with Crippen LogP contribution in [0.3, 0.4) is 0 Å². The highest BCUT2D eigenvalue weighted by Gasteiger charge is 2.02. The predicted octanol–water partition coefficient (Wildman–Crippen LogP) is 4.87. The van der Waals surface area contributed by atoms with Crippen LogP contribution < -0.4 is 10.1 Å². The number of halogens is 2. The van der Waals surface area contributed by atoms with Crippen molar-refractivity contribution in [1.82, 2.24) is 5.32 Å². The van der Waals surface area contributed by atoms with Crippen molar-refractivity contribution in [3.05, 3.63) is 63.6 Å². The van der Waals surface area contributed by atoms with Gasteiger partial charge in [0, 0.05) is 13.1 Å². The first-order valence-corrected chi connectivity index (χ1v) is 7.66. The second kappa shape index (κ2) is 9.08. The molecule has 0 saturated heterocycles. The molecule has 0 fully saturated rings. The summed E-state index contributed by atoms with van der Waals surface area (Å²) in [5, 5.41) is 3.45. The van der Waals surface area contributed by atoms with Crippen LogP contribution in [0.15, 0.2) is 46.9 Å². The molecule has 0 spiro atoms. The minimum Gasteiger partial charge on any atom is -0.493 e. The third kappa shape index (κ3) is 5.70. The fourth-order valence-electron chi connectivity index (χ4n) is 1.98. The maximum atomic E-state index is 5.51. The second-order valence-electron chi connectivity index (χ2n) is 4.79. The van der Waals surface area contributed by atoms with Crippen molar-refractivity contribution in [2.24, 2.45) is 0 Å². The first kappa shape index (κ1) is 18.0. The predicted molar refractivity (Wildman–Crippen MR) is 94.3 cm³/mol. The van der Waals surface area contributed by atoms with Gasteiger partial charge in [0.15, 0.2) is 0 Å². The molecule has 21 heavy (non-hydrogen) atoms. The summed E-state index contributed by atoms with van der Waals surface area (Å²) in [5.41, 5.74) is 3.84. The van der Waals surface area contributed by atoms with Crippen LogP contribution in [0, 0.1) is 6.92 Å². The van der Waals surface area contributed by atoms with Crippen LogP contribution in [0.25, 0.3) is 0 Å². The molecule has 0 amide bonds. The first-order chi connectivity index (χ1) is 9.69. The molecule has 1 N–H and O–H groups in total. The Hall–Kier alpha value is -1.03. The summed E-state index contributed by atoms with van der Waals surface area (Å²) < 4.78 is 6.52. The van der Waals surface area contributed by atoms with Crippen molar-refractivity contribution in [2.75, 3.05) is 6.61 Å².